The number of aromatic nitrogens is 1. The van der Waals surface area contributed by atoms with Crippen molar-refractivity contribution in [1.82, 2.24) is 9.47 Å². The number of carbonyl (C=O) groups is 2. The molecule has 0 saturated carbocycles. The number of nitrogens with one attached hydrogen (secondary N) is 1. The van der Waals surface area contributed by atoms with Crippen molar-refractivity contribution in [2.45, 2.75) is 20.8 Å². The van der Waals surface area contributed by atoms with Gasteiger partial charge in [-0.05, 0) is 63.2 Å². The first-order valence-electron chi connectivity index (χ1n) is 10.8. The molecule has 1 aliphatic rings. The van der Waals surface area contributed by atoms with Crippen LogP contribution in [0.15, 0.2) is 48.5 Å². The summed E-state index contributed by atoms with van der Waals surface area (Å²) in [5.41, 5.74) is 3.42. The molecule has 172 valence electrons. The van der Waals surface area contributed by atoms with Gasteiger partial charge in [-0.15, -0.1) is 0 Å². The van der Waals surface area contributed by atoms with E-state index in [1.54, 1.807) is 36.4 Å². The minimum Gasteiger partial charge on any atom is -0.486 e. The molecular formula is C25H26FN3O4. The number of likely N-dealkylation sites (N-methyl/N-ethyl adjacent to an activating group) is 1. The number of halogens is 1. The van der Waals surface area contributed by atoms with E-state index in [1.807, 2.05) is 25.3 Å². The number of benzene rings is 2. The Hall–Kier alpha value is -3.81. The van der Waals surface area contributed by atoms with Crippen molar-refractivity contribution in [3.63, 3.8) is 0 Å². The number of hydrogen-bond donors (Lipinski definition) is 1. The molecule has 0 atom stereocenters. The Morgan fingerprint density at radius 3 is 2.42 bits per heavy atom. The largest absolute Gasteiger partial charge is 0.486 e. The van der Waals surface area contributed by atoms with Crippen LogP contribution in [0.4, 0.5) is 10.1 Å². The molecule has 0 unspecified atom stereocenters. The number of rotatable bonds is 6. The first kappa shape index (κ1) is 22.4. The number of amides is 2. The summed E-state index contributed by atoms with van der Waals surface area (Å²) in [6.07, 6.45) is 0. The molecule has 2 heterocycles. The molecule has 2 aromatic carbocycles. The second-order valence-electron chi connectivity index (χ2n) is 7.82. The van der Waals surface area contributed by atoms with E-state index in [9.17, 15) is 14.0 Å². The molecule has 8 heteroatoms. The molecule has 0 fully saturated rings. The van der Waals surface area contributed by atoms with Crippen LogP contribution < -0.4 is 14.8 Å². The molecule has 3 aromatic rings. The molecule has 7 nitrogen and oxygen atoms in total. The Labute approximate surface area is 191 Å². The summed E-state index contributed by atoms with van der Waals surface area (Å²) in [5, 5.41) is 2.82. The minimum absolute atomic E-state index is 0.0933. The molecule has 33 heavy (non-hydrogen) atoms. The molecule has 0 saturated heterocycles. The van der Waals surface area contributed by atoms with Crippen LogP contribution in [-0.4, -0.2) is 47.6 Å². The van der Waals surface area contributed by atoms with E-state index in [0.717, 1.165) is 17.1 Å². The van der Waals surface area contributed by atoms with E-state index in [-0.39, 0.29) is 24.2 Å². The van der Waals surface area contributed by atoms with Crippen LogP contribution in [0.1, 0.15) is 28.7 Å². The number of nitrogens with zero attached hydrogens (tertiary/aromatic N) is 2. The maximum absolute atomic E-state index is 13.3. The highest BCUT2D eigenvalue weighted by molar-refractivity contribution is 6.00. The van der Waals surface area contributed by atoms with Gasteiger partial charge >= 0.3 is 0 Å². The number of fused-ring (bicyclic) bond motifs is 1. The zero-order valence-corrected chi connectivity index (χ0v) is 18.9. The van der Waals surface area contributed by atoms with Crippen molar-refractivity contribution in [2.24, 2.45) is 0 Å². The van der Waals surface area contributed by atoms with Gasteiger partial charge in [-0.3, -0.25) is 9.59 Å². The second-order valence-corrected chi connectivity index (χ2v) is 7.82. The Morgan fingerprint density at radius 1 is 1.03 bits per heavy atom. The van der Waals surface area contributed by atoms with Crippen LogP contribution in [-0.2, 0) is 4.79 Å². The normalized spacial score (nSPS) is 12.4. The monoisotopic (exact) mass is 451 g/mol. The second kappa shape index (κ2) is 9.36. The van der Waals surface area contributed by atoms with Gasteiger partial charge in [0.05, 0.1) is 5.56 Å². The molecule has 0 radical (unpaired) electrons. The maximum Gasteiger partial charge on any atom is 0.256 e. The fourth-order valence-corrected chi connectivity index (χ4v) is 3.96. The van der Waals surface area contributed by atoms with Crippen molar-refractivity contribution in [1.29, 1.82) is 0 Å². The van der Waals surface area contributed by atoms with Crippen molar-refractivity contribution in [2.75, 3.05) is 31.6 Å². The lowest BCUT2D eigenvalue weighted by atomic mass is 10.2. The van der Waals surface area contributed by atoms with Crippen molar-refractivity contribution >= 4 is 17.5 Å². The summed E-state index contributed by atoms with van der Waals surface area (Å²) in [7, 11) is 0. The summed E-state index contributed by atoms with van der Waals surface area (Å²) >= 11 is 0. The van der Waals surface area contributed by atoms with Crippen molar-refractivity contribution < 1.29 is 23.5 Å². The molecule has 0 bridgehead atoms. The van der Waals surface area contributed by atoms with Gasteiger partial charge < -0.3 is 24.3 Å². The van der Waals surface area contributed by atoms with Gasteiger partial charge in [-0.2, -0.15) is 0 Å². The fourth-order valence-electron chi connectivity index (χ4n) is 3.96. The highest BCUT2D eigenvalue weighted by Crippen LogP contribution is 2.32. The first-order chi connectivity index (χ1) is 15.9. The quantitative estimate of drug-likeness (QED) is 0.612. The standard InChI is InChI=1S/C25H26FN3O4/c1-4-28(15-24(30)27-19-7-10-22-23(14-19)33-12-11-32-22)25(31)21-13-16(2)29(17(21)3)20-8-5-18(26)6-9-20/h5-10,13-14H,4,11-12,15H2,1-3H3,(H,27,30). The van der Waals surface area contributed by atoms with Gasteiger partial charge in [0.1, 0.15) is 25.6 Å². The summed E-state index contributed by atoms with van der Waals surface area (Å²) in [6.45, 7) is 6.78. The van der Waals surface area contributed by atoms with Crippen molar-refractivity contribution in [3.8, 4) is 17.2 Å². The van der Waals surface area contributed by atoms with Gasteiger partial charge in [-0.1, -0.05) is 0 Å². The molecule has 1 aromatic heterocycles. The number of carbonyl (C=O) groups excluding carboxylic acids is 2. The van der Waals surface area contributed by atoms with Crippen LogP contribution in [0.25, 0.3) is 5.69 Å². The zero-order chi connectivity index (χ0) is 23.5. The molecule has 2 amide bonds. The van der Waals surface area contributed by atoms with Gasteiger partial charge in [-0.25, -0.2) is 4.39 Å². The van der Waals surface area contributed by atoms with Crippen LogP contribution in [0, 0.1) is 19.7 Å². The number of ether oxygens (including phenoxy) is 2. The van der Waals surface area contributed by atoms with Crippen molar-refractivity contribution in [3.05, 3.63) is 71.3 Å². The Kier molecular flexibility index (Phi) is 6.35. The summed E-state index contributed by atoms with van der Waals surface area (Å²) in [5.74, 6) is 0.348. The highest BCUT2D eigenvalue weighted by atomic mass is 19.1. The maximum atomic E-state index is 13.3. The summed E-state index contributed by atoms with van der Waals surface area (Å²) in [6, 6.07) is 13.1. The van der Waals surface area contributed by atoms with E-state index < -0.39 is 0 Å². The SMILES string of the molecule is CCN(CC(=O)Nc1ccc2c(c1)OCCO2)C(=O)c1cc(C)n(-c2ccc(F)cc2)c1C. The highest BCUT2D eigenvalue weighted by Gasteiger charge is 2.23. The molecular weight excluding hydrogens is 425 g/mol. The number of anilines is 1. The molecule has 0 spiro atoms. The van der Waals surface area contributed by atoms with Gasteiger partial charge in [0, 0.05) is 35.4 Å². The lowest BCUT2D eigenvalue weighted by Crippen LogP contribution is -2.38. The predicted octanol–water partition coefficient (Wildman–Crippen LogP) is 4.11. The van der Waals surface area contributed by atoms with E-state index >= 15 is 0 Å². The predicted molar refractivity (Wildman–Crippen MR) is 123 cm³/mol. The third-order valence-corrected chi connectivity index (χ3v) is 5.58. The number of hydrogen-bond acceptors (Lipinski definition) is 4. The smallest absolute Gasteiger partial charge is 0.256 e. The average molecular weight is 451 g/mol. The van der Waals surface area contributed by atoms with E-state index in [2.05, 4.69) is 5.32 Å². The van der Waals surface area contributed by atoms with E-state index in [1.165, 1.54) is 17.0 Å². The molecule has 0 aliphatic carbocycles. The molecule has 4 rings (SSSR count). The number of aryl methyl sites for hydroxylation is 1. The third-order valence-electron chi connectivity index (χ3n) is 5.58. The first-order valence-corrected chi connectivity index (χ1v) is 10.8. The summed E-state index contributed by atoms with van der Waals surface area (Å²) < 4.78 is 26.3. The minimum atomic E-state index is -0.321. The Bertz CT molecular complexity index is 1190. The van der Waals surface area contributed by atoms with Gasteiger partial charge in [0.2, 0.25) is 5.91 Å². The molecule has 1 N–H and O–H groups in total. The Balaban J connectivity index is 1.49. The van der Waals surface area contributed by atoms with Crippen LogP contribution >= 0.6 is 0 Å². The van der Waals surface area contributed by atoms with Crippen LogP contribution in [0.2, 0.25) is 0 Å². The average Bonchev–Trinajstić information content (AvgIpc) is 3.11. The lowest BCUT2D eigenvalue weighted by molar-refractivity contribution is -0.116. The zero-order valence-electron chi connectivity index (χ0n) is 18.9. The van der Waals surface area contributed by atoms with Gasteiger partial charge in [0.15, 0.2) is 11.5 Å². The van der Waals surface area contributed by atoms with Crippen LogP contribution in [0.3, 0.4) is 0 Å². The van der Waals surface area contributed by atoms with Gasteiger partial charge in [0.25, 0.3) is 5.91 Å². The third kappa shape index (κ3) is 4.69. The lowest BCUT2D eigenvalue weighted by Gasteiger charge is -2.21. The Morgan fingerprint density at radius 2 is 1.73 bits per heavy atom. The van der Waals surface area contributed by atoms with Crippen LogP contribution in [0.5, 0.6) is 11.5 Å². The summed E-state index contributed by atoms with van der Waals surface area (Å²) in [4.78, 5) is 27.4. The fraction of sp³-hybridized carbons (Fsp3) is 0.280. The van der Waals surface area contributed by atoms with E-state index in [0.29, 0.717) is 42.5 Å². The molecule has 1 aliphatic heterocycles. The van der Waals surface area contributed by atoms with E-state index in [4.69, 9.17) is 9.47 Å². The topological polar surface area (TPSA) is 72.8 Å².